The Morgan fingerprint density at radius 1 is 1.07 bits per heavy atom. The SMILES string of the molecule is Cc1cc(S(=O)(=O)[N-]C(=O)CC(C)C)ccc1NC(=O)COc1ccc(Cl)cc1C(=O)c1cc(C#N)cc(C(F)(F)F)c1.[Na+]. The summed E-state index contributed by atoms with van der Waals surface area (Å²) in [7, 11) is -4.26. The number of halogens is 4. The molecule has 226 valence electrons. The van der Waals surface area contributed by atoms with Crippen LogP contribution in [0.25, 0.3) is 4.72 Å². The van der Waals surface area contributed by atoms with Gasteiger partial charge in [0.15, 0.2) is 12.4 Å². The van der Waals surface area contributed by atoms with Gasteiger partial charge in [-0.2, -0.15) is 18.4 Å². The minimum atomic E-state index is -4.81. The molecule has 1 N–H and O–H groups in total. The van der Waals surface area contributed by atoms with Gasteiger partial charge in [0.2, 0.25) is 0 Å². The molecule has 0 fully saturated rings. The molecule has 0 aliphatic carbocycles. The summed E-state index contributed by atoms with van der Waals surface area (Å²) in [4.78, 5) is 37.5. The second kappa shape index (κ2) is 15.0. The number of amides is 2. The van der Waals surface area contributed by atoms with Crippen molar-refractivity contribution in [3.63, 3.8) is 0 Å². The zero-order chi connectivity index (χ0) is 32.1. The minimum absolute atomic E-state index is 0. The number of sulfonamides is 1. The van der Waals surface area contributed by atoms with E-state index in [0.29, 0.717) is 17.7 Å². The molecule has 15 heteroatoms. The molecular weight excluding hydrogens is 634 g/mol. The predicted octanol–water partition coefficient (Wildman–Crippen LogP) is 3.43. The topological polar surface area (TPSA) is 144 Å². The van der Waals surface area contributed by atoms with Gasteiger partial charge in [0.05, 0.1) is 33.6 Å². The van der Waals surface area contributed by atoms with Crippen molar-refractivity contribution in [3.8, 4) is 11.8 Å². The fourth-order valence-electron chi connectivity index (χ4n) is 3.79. The first-order valence-corrected chi connectivity index (χ1v) is 14.3. The monoisotopic (exact) mass is 657 g/mol. The van der Waals surface area contributed by atoms with Gasteiger partial charge in [-0.25, -0.2) is 8.42 Å². The van der Waals surface area contributed by atoms with Crippen molar-refractivity contribution < 1.29 is 70.3 Å². The van der Waals surface area contributed by atoms with Gasteiger partial charge < -0.3 is 19.6 Å². The molecule has 0 atom stereocenters. The number of carbonyl (C=O) groups is 3. The number of nitriles is 1. The Bertz CT molecular complexity index is 1740. The summed E-state index contributed by atoms with van der Waals surface area (Å²) >= 11 is 6.01. The van der Waals surface area contributed by atoms with E-state index in [9.17, 15) is 36.0 Å². The summed E-state index contributed by atoms with van der Waals surface area (Å²) in [6.07, 6.45) is -4.84. The molecule has 44 heavy (non-hydrogen) atoms. The third kappa shape index (κ3) is 9.80. The summed E-state index contributed by atoms with van der Waals surface area (Å²) in [6.45, 7) is 4.37. The van der Waals surface area contributed by atoms with Gasteiger partial charge in [0.25, 0.3) is 5.91 Å². The number of carbonyl (C=O) groups excluding carboxylic acids is 3. The van der Waals surface area contributed by atoms with E-state index in [1.807, 2.05) is 0 Å². The summed E-state index contributed by atoms with van der Waals surface area (Å²) in [6, 6.07) is 11.3. The molecule has 0 aromatic heterocycles. The molecule has 3 aromatic rings. The van der Waals surface area contributed by atoms with Crippen LogP contribution in [0.1, 0.15) is 52.9 Å². The van der Waals surface area contributed by atoms with E-state index in [1.165, 1.54) is 37.3 Å². The Labute approximate surface area is 279 Å². The van der Waals surface area contributed by atoms with Crippen molar-refractivity contribution in [1.29, 1.82) is 5.26 Å². The second-order valence-electron chi connectivity index (χ2n) is 9.75. The van der Waals surface area contributed by atoms with Crippen molar-refractivity contribution in [2.24, 2.45) is 5.92 Å². The van der Waals surface area contributed by atoms with Crippen LogP contribution in [0.3, 0.4) is 0 Å². The van der Waals surface area contributed by atoms with Crippen LogP contribution in [-0.2, 0) is 25.8 Å². The van der Waals surface area contributed by atoms with E-state index < -0.39 is 51.5 Å². The maximum atomic E-state index is 13.3. The predicted molar refractivity (Wildman–Crippen MR) is 151 cm³/mol. The summed E-state index contributed by atoms with van der Waals surface area (Å²) in [5.74, 6) is -2.65. The van der Waals surface area contributed by atoms with E-state index in [2.05, 4.69) is 10.0 Å². The van der Waals surface area contributed by atoms with Crippen LogP contribution in [0.4, 0.5) is 18.9 Å². The number of nitrogens with zero attached hydrogens (tertiary/aromatic N) is 2. The van der Waals surface area contributed by atoms with E-state index in [0.717, 1.165) is 12.1 Å². The van der Waals surface area contributed by atoms with Crippen molar-refractivity contribution >= 4 is 44.9 Å². The maximum Gasteiger partial charge on any atom is 1.00 e. The number of hydrogen-bond donors (Lipinski definition) is 1. The Morgan fingerprint density at radius 3 is 2.34 bits per heavy atom. The van der Waals surface area contributed by atoms with Gasteiger partial charge in [0, 0.05) is 16.3 Å². The molecule has 0 heterocycles. The summed E-state index contributed by atoms with van der Waals surface area (Å²) in [5.41, 5.74) is -1.70. The minimum Gasteiger partial charge on any atom is -0.542 e. The smallest absolute Gasteiger partial charge is 0.542 e. The van der Waals surface area contributed by atoms with Crippen LogP contribution in [0.5, 0.6) is 5.75 Å². The molecule has 0 saturated carbocycles. The largest absolute Gasteiger partial charge is 1.00 e. The first-order valence-electron chi connectivity index (χ1n) is 12.5. The zero-order valence-electron chi connectivity index (χ0n) is 24.0. The number of ketones is 1. The number of benzene rings is 3. The van der Waals surface area contributed by atoms with Crippen molar-refractivity contribution in [1.82, 2.24) is 0 Å². The standard InChI is InChI=1S/C29H25ClF3N3O6S.Na/c1-16(2)8-26(37)36-43(40,41)22-5-6-24(17(3)9-22)35-27(38)15-42-25-7-4-21(30)13-23(25)28(39)19-10-18(14-34)11-20(12-19)29(31,32)33;/h4-7,9-13,16H,8,15H2,1-3H3,(H2,35,36,37,38);/q;+1/p-1. The number of ether oxygens (including phenoxy) is 1. The number of aryl methyl sites for hydroxylation is 1. The van der Waals surface area contributed by atoms with Gasteiger partial charge >= 0.3 is 35.7 Å². The van der Waals surface area contributed by atoms with Gasteiger partial charge in [-0.15, -0.1) is 0 Å². The molecule has 0 unspecified atom stereocenters. The van der Waals surface area contributed by atoms with Gasteiger partial charge in [-0.3, -0.25) is 9.59 Å². The Hall–Kier alpha value is -3.41. The number of alkyl halides is 3. The average Bonchev–Trinajstić information content (AvgIpc) is 2.91. The normalized spacial score (nSPS) is 11.2. The molecule has 0 bridgehead atoms. The summed E-state index contributed by atoms with van der Waals surface area (Å²) in [5, 5.41) is 11.7. The Balaban J connectivity index is 0.00000675. The molecule has 0 spiro atoms. The van der Waals surface area contributed by atoms with Crippen molar-refractivity contribution in [3.05, 3.63) is 92.2 Å². The van der Waals surface area contributed by atoms with Crippen LogP contribution in [-0.4, -0.2) is 32.6 Å². The number of anilines is 1. The van der Waals surface area contributed by atoms with Crippen molar-refractivity contribution in [2.45, 2.75) is 38.3 Å². The Morgan fingerprint density at radius 2 is 1.75 bits per heavy atom. The fraction of sp³-hybridized carbons (Fsp3) is 0.241. The number of hydrogen-bond acceptors (Lipinski definition) is 7. The van der Waals surface area contributed by atoms with Crippen molar-refractivity contribution in [2.75, 3.05) is 11.9 Å². The van der Waals surface area contributed by atoms with E-state index >= 15 is 0 Å². The molecule has 3 aromatic carbocycles. The molecule has 0 saturated heterocycles. The molecule has 0 radical (unpaired) electrons. The second-order valence-corrected chi connectivity index (χ2v) is 11.8. The Kier molecular flexibility index (Phi) is 12.6. The number of rotatable bonds is 10. The molecule has 2 amide bonds. The molecule has 9 nitrogen and oxygen atoms in total. The third-order valence-corrected chi connectivity index (χ3v) is 7.30. The van der Waals surface area contributed by atoms with Crippen LogP contribution >= 0.6 is 11.6 Å². The van der Waals surface area contributed by atoms with Crippen LogP contribution in [0, 0.1) is 24.2 Å². The third-order valence-electron chi connectivity index (χ3n) is 5.77. The maximum absolute atomic E-state index is 13.3. The van der Waals surface area contributed by atoms with Crippen LogP contribution < -0.4 is 39.6 Å². The number of nitrogens with one attached hydrogen (secondary N) is 1. The molecule has 0 aliphatic rings. The summed E-state index contributed by atoms with van der Waals surface area (Å²) < 4.78 is 73.7. The van der Waals surface area contributed by atoms with Crippen LogP contribution in [0.2, 0.25) is 5.02 Å². The fourth-order valence-corrected chi connectivity index (χ4v) is 4.97. The van der Waals surface area contributed by atoms with E-state index in [1.54, 1.807) is 19.9 Å². The van der Waals surface area contributed by atoms with Gasteiger partial charge in [-0.05, 0) is 79.4 Å². The first-order chi connectivity index (χ1) is 20.0. The average molecular weight is 658 g/mol. The molecule has 3 rings (SSSR count). The molecule has 0 aliphatic heterocycles. The van der Waals surface area contributed by atoms with Gasteiger partial charge in [-0.1, -0.05) is 25.4 Å². The van der Waals surface area contributed by atoms with E-state index in [-0.39, 0.29) is 74.4 Å². The van der Waals surface area contributed by atoms with Crippen LogP contribution in [0.15, 0.2) is 59.5 Å². The zero-order valence-corrected chi connectivity index (χ0v) is 27.5. The quantitative estimate of drug-likeness (QED) is 0.260. The molecular formula is C29H24ClF3N3NaO6S. The first kappa shape index (κ1) is 36.8. The van der Waals surface area contributed by atoms with E-state index in [4.69, 9.17) is 21.6 Å². The van der Waals surface area contributed by atoms with Gasteiger partial charge in [0.1, 0.15) is 15.8 Å².